The van der Waals surface area contributed by atoms with Gasteiger partial charge < -0.3 is 10.6 Å². The van der Waals surface area contributed by atoms with Gasteiger partial charge in [-0.05, 0) is 63.2 Å². The van der Waals surface area contributed by atoms with Crippen molar-refractivity contribution in [2.75, 3.05) is 19.6 Å². The predicted molar refractivity (Wildman–Crippen MR) is 82.8 cm³/mol. The first-order valence-electron chi connectivity index (χ1n) is 7.68. The summed E-state index contributed by atoms with van der Waals surface area (Å²) in [5.41, 5.74) is 3.56. The van der Waals surface area contributed by atoms with Gasteiger partial charge in [0.1, 0.15) is 0 Å². The first kappa shape index (κ1) is 15.0. The Labute approximate surface area is 122 Å². The highest BCUT2D eigenvalue weighted by atomic mass is 16.1. The topological polar surface area (TPSA) is 41.1 Å². The highest BCUT2D eigenvalue weighted by molar-refractivity contribution is 5.78. The largest absolute Gasteiger partial charge is 0.356 e. The fraction of sp³-hybridized carbons (Fsp3) is 0.588. The fourth-order valence-electron chi connectivity index (χ4n) is 2.81. The van der Waals surface area contributed by atoms with E-state index in [1.165, 1.54) is 24.0 Å². The van der Waals surface area contributed by atoms with Crippen LogP contribution in [0.4, 0.5) is 0 Å². The van der Waals surface area contributed by atoms with Gasteiger partial charge in [0, 0.05) is 6.54 Å². The lowest BCUT2D eigenvalue weighted by Gasteiger charge is -2.22. The Morgan fingerprint density at radius 2 is 2.05 bits per heavy atom. The normalized spacial score (nSPS) is 16.1. The molecule has 0 aliphatic carbocycles. The highest BCUT2D eigenvalue weighted by Gasteiger charge is 2.13. The second kappa shape index (κ2) is 7.44. The minimum Gasteiger partial charge on any atom is -0.356 e. The lowest BCUT2D eigenvalue weighted by molar-refractivity contribution is -0.120. The van der Waals surface area contributed by atoms with Crippen molar-refractivity contribution in [1.82, 2.24) is 10.6 Å². The van der Waals surface area contributed by atoms with Gasteiger partial charge in [0.25, 0.3) is 0 Å². The Balaban J connectivity index is 1.73. The van der Waals surface area contributed by atoms with Crippen LogP contribution in [0.5, 0.6) is 0 Å². The molecule has 0 unspecified atom stereocenters. The van der Waals surface area contributed by atoms with Gasteiger partial charge in [-0.2, -0.15) is 0 Å². The molecule has 0 bridgehead atoms. The molecule has 3 heteroatoms. The van der Waals surface area contributed by atoms with Gasteiger partial charge in [-0.1, -0.05) is 23.8 Å². The van der Waals surface area contributed by atoms with E-state index in [4.69, 9.17) is 0 Å². The highest BCUT2D eigenvalue weighted by Crippen LogP contribution is 2.15. The van der Waals surface area contributed by atoms with Crippen LogP contribution < -0.4 is 10.6 Å². The van der Waals surface area contributed by atoms with Gasteiger partial charge in [-0.15, -0.1) is 0 Å². The number of carbonyl (C=O) groups excluding carboxylic acids is 1. The predicted octanol–water partition coefficient (Wildman–Crippen LogP) is 2.35. The third-order valence-corrected chi connectivity index (χ3v) is 4.19. The van der Waals surface area contributed by atoms with Crippen LogP contribution in [-0.2, 0) is 11.2 Å². The molecular formula is C17H26N2O. The molecule has 0 atom stereocenters. The molecule has 2 rings (SSSR count). The summed E-state index contributed by atoms with van der Waals surface area (Å²) in [7, 11) is 0. The summed E-state index contributed by atoms with van der Waals surface area (Å²) in [6.45, 7) is 7.20. The maximum Gasteiger partial charge on any atom is 0.224 e. The zero-order valence-corrected chi connectivity index (χ0v) is 12.7. The lowest BCUT2D eigenvalue weighted by atomic mass is 9.95. The van der Waals surface area contributed by atoms with E-state index in [0.717, 1.165) is 37.5 Å². The Kier molecular flexibility index (Phi) is 5.60. The monoisotopic (exact) mass is 274 g/mol. The molecule has 1 aliphatic rings. The second-order valence-electron chi connectivity index (χ2n) is 5.94. The summed E-state index contributed by atoms with van der Waals surface area (Å²) in [5.74, 6) is 0.921. The van der Waals surface area contributed by atoms with Crippen molar-refractivity contribution in [3.05, 3.63) is 34.9 Å². The summed E-state index contributed by atoms with van der Waals surface area (Å²) >= 11 is 0. The van der Waals surface area contributed by atoms with Crippen LogP contribution in [0.2, 0.25) is 0 Å². The molecule has 3 nitrogen and oxygen atoms in total. The van der Waals surface area contributed by atoms with Crippen LogP contribution in [0.3, 0.4) is 0 Å². The molecule has 0 radical (unpaired) electrons. The molecule has 1 heterocycles. The number of carbonyl (C=O) groups is 1. The zero-order chi connectivity index (χ0) is 14.4. The molecule has 1 aromatic rings. The van der Waals surface area contributed by atoms with E-state index < -0.39 is 0 Å². The second-order valence-corrected chi connectivity index (χ2v) is 5.94. The standard InChI is InChI=1S/C17H26N2O/c1-13-3-4-14(2)16(11-13)12-17(20)19-10-7-15-5-8-18-9-6-15/h3-4,11,15,18H,5-10,12H2,1-2H3,(H,19,20). The van der Waals surface area contributed by atoms with Crippen LogP contribution in [0.15, 0.2) is 18.2 Å². The fourth-order valence-corrected chi connectivity index (χ4v) is 2.81. The molecule has 1 aliphatic heterocycles. The third-order valence-electron chi connectivity index (χ3n) is 4.19. The van der Waals surface area contributed by atoms with Gasteiger partial charge in [0.15, 0.2) is 0 Å². The van der Waals surface area contributed by atoms with Crippen molar-refractivity contribution >= 4 is 5.91 Å². The number of aryl methyl sites for hydroxylation is 2. The van der Waals surface area contributed by atoms with Gasteiger partial charge in [-0.3, -0.25) is 4.79 Å². The summed E-state index contributed by atoms with van der Waals surface area (Å²) in [4.78, 5) is 12.0. The number of hydrogen-bond donors (Lipinski definition) is 2. The molecular weight excluding hydrogens is 248 g/mol. The van der Waals surface area contributed by atoms with Crippen molar-refractivity contribution in [1.29, 1.82) is 0 Å². The molecule has 0 aromatic heterocycles. The van der Waals surface area contributed by atoms with Crippen molar-refractivity contribution < 1.29 is 4.79 Å². The Morgan fingerprint density at radius 3 is 2.80 bits per heavy atom. The molecule has 20 heavy (non-hydrogen) atoms. The van der Waals surface area contributed by atoms with Crippen LogP contribution in [0.25, 0.3) is 0 Å². The number of benzene rings is 1. The minimum atomic E-state index is 0.146. The summed E-state index contributed by atoms with van der Waals surface area (Å²) in [6.07, 6.45) is 4.10. The first-order valence-corrected chi connectivity index (χ1v) is 7.68. The van der Waals surface area contributed by atoms with Crippen molar-refractivity contribution in [3.63, 3.8) is 0 Å². The molecule has 1 amide bonds. The first-order chi connectivity index (χ1) is 9.65. The number of nitrogens with one attached hydrogen (secondary N) is 2. The molecule has 2 N–H and O–H groups in total. The van der Waals surface area contributed by atoms with Crippen LogP contribution in [0, 0.1) is 19.8 Å². The minimum absolute atomic E-state index is 0.146. The number of piperidine rings is 1. The van der Waals surface area contributed by atoms with Gasteiger partial charge in [0.2, 0.25) is 5.91 Å². The van der Waals surface area contributed by atoms with Crippen LogP contribution in [0.1, 0.15) is 36.0 Å². The Bertz CT molecular complexity index is 450. The van der Waals surface area contributed by atoms with E-state index in [-0.39, 0.29) is 5.91 Å². The third kappa shape index (κ3) is 4.64. The molecule has 0 saturated carbocycles. The van der Waals surface area contributed by atoms with Gasteiger partial charge in [-0.25, -0.2) is 0 Å². The van der Waals surface area contributed by atoms with Crippen molar-refractivity contribution in [2.45, 2.75) is 39.5 Å². The molecule has 1 aromatic carbocycles. The summed E-state index contributed by atoms with van der Waals surface area (Å²) < 4.78 is 0. The zero-order valence-electron chi connectivity index (χ0n) is 12.7. The summed E-state index contributed by atoms with van der Waals surface area (Å²) in [5, 5.41) is 6.44. The van der Waals surface area contributed by atoms with Crippen molar-refractivity contribution in [2.24, 2.45) is 5.92 Å². The average molecular weight is 274 g/mol. The van der Waals surface area contributed by atoms with E-state index in [1.54, 1.807) is 0 Å². The van der Waals surface area contributed by atoms with E-state index in [1.807, 2.05) is 0 Å². The van der Waals surface area contributed by atoms with Gasteiger partial charge in [0.05, 0.1) is 6.42 Å². The molecule has 0 spiro atoms. The number of rotatable bonds is 5. The Hall–Kier alpha value is -1.35. The van der Waals surface area contributed by atoms with Crippen LogP contribution in [-0.4, -0.2) is 25.5 Å². The lowest BCUT2D eigenvalue weighted by Crippen LogP contribution is -2.32. The SMILES string of the molecule is Cc1ccc(C)c(CC(=O)NCCC2CCNCC2)c1. The maximum absolute atomic E-state index is 12.0. The average Bonchev–Trinajstić information content (AvgIpc) is 2.44. The smallest absolute Gasteiger partial charge is 0.224 e. The van der Waals surface area contributed by atoms with Crippen molar-refractivity contribution in [3.8, 4) is 0 Å². The van der Waals surface area contributed by atoms with Gasteiger partial charge >= 0.3 is 0 Å². The van der Waals surface area contributed by atoms with E-state index in [9.17, 15) is 4.79 Å². The number of hydrogen-bond acceptors (Lipinski definition) is 2. The van der Waals surface area contributed by atoms with E-state index in [2.05, 4.69) is 42.7 Å². The van der Waals surface area contributed by atoms with Crippen LogP contribution >= 0.6 is 0 Å². The summed E-state index contributed by atoms with van der Waals surface area (Å²) in [6, 6.07) is 6.29. The quantitative estimate of drug-likeness (QED) is 0.865. The van der Waals surface area contributed by atoms with E-state index >= 15 is 0 Å². The maximum atomic E-state index is 12.0. The molecule has 110 valence electrons. The van der Waals surface area contributed by atoms with E-state index in [0.29, 0.717) is 6.42 Å². The molecule has 1 saturated heterocycles. The number of amides is 1. The Morgan fingerprint density at radius 1 is 1.30 bits per heavy atom. The molecule has 1 fully saturated rings.